The van der Waals surface area contributed by atoms with E-state index in [1.54, 1.807) is 0 Å². The van der Waals surface area contributed by atoms with E-state index in [1.807, 2.05) is 0 Å². The summed E-state index contributed by atoms with van der Waals surface area (Å²) < 4.78 is 0. The molecule has 3 rings (SSSR count). The van der Waals surface area contributed by atoms with Gasteiger partial charge >= 0.3 is 0 Å². The van der Waals surface area contributed by atoms with E-state index in [4.69, 9.17) is 0 Å². The van der Waals surface area contributed by atoms with Gasteiger partial charge in [0.15, 0.2) is 0 Å². The highest BCUT2D eigenvalue weighted by atomic mass is 16.4. The van der Waals surface area contributed by atoms with E-state index >= 15 is 0 Å². The van der Waals surface area contributed by atoms with Gasteiger partial charge in [0.2, 0.25) is 0 Å². The van der Waals surface area contributed by atoms with E-state index in [1.165, 1.54) is 24.8 Å². The molecule has 2 aliphatic rings. The van der Waals surface area contributed by atoms with Crippen LogP contribution in [0.15, 0.2) is 35.5 Å². The molecule has 1 N–H and O–H groups in total. The molecule has 1 aliphatic heterocycles. The lowest BCUT2D eigenvalue weighted by molar-refractivity contribution is 0.194. The normalized spacial score (nSPS) is 30.9. The Balaban J connectivity index is 1.58. The first kappa shape index (κ1) is 14.6. The van der Waals surface area contributed by atoms with E-state index < -0.39 is 0 Å². The zero-order valence-corrected chi connectivity index (χ0v) is 13.0. The quantitative estimate of drug-likeness (QED) is 0.521. The highest BCUT2D eigenvalue weighted by molar-refractivity contribution is 5.89. The zero-order valence-electron chi connectivity index (χ0n) is 13.0. The van der Waals surface area contributed by atoms with Gasteiger partial charge in [-0.05, 0) is 49.8 Å². The Bertz CT molecular complexity index is 485. The predicted octanol–water partition coefficient (Wildman–Crippen LogP) is 3.67. The van der Waals surface area contributed by atoms with E-state index in [9.17, 15) is 5.21 Å². The van der Waals surface area contributed by atoms with E-state index in [2.05, 4.69) is 47.3 Å². The number of rotatable bonds is 4. The first-order chi connectivity index (χ1) is 10.2. The molecular weight excluding hydrogens is 260 g/mol. The lowest BCUT2D eigenvalue weighted by Crippen LogP contribution is -2.46. The SMILES string of the molecule is CC1(c2ccccc2)CC(/C(CN2CCCCC2)=N/O)C1. The third-order valence-corrected chi connectivity index (χ3v) is 5.30. The monoisotopic (exact) mass is 286 g/mol. The minimum absolute atomic E-state index is 0.254. The van der Waals surface area contributed by atoms with Gasteiger partial charge in [0, 0.05) is 12.5 Å². The van der Waals surface area contributed by atoms with E-state index in [0.29, 0.717) is 5.92 Å². The van der Waals surface area contributed by atoms with Gasteiger partial charge < -0.3 is 5.21 Å². The largest absolute Gasteiger partial charge is 0.411 e. The molecule has 1 aromatic carbocycles. The summed E-state index contributed by atoms with van der Waals surface area (Å²) in [5, 5.41) is 13.0. The molecule has 0 aromatic heterocycles. The second kappa shape index (κ2) is 6.18. The van der Waals surface area contributed by atoms with Crippen molar-refractivity contribution >= 4 is 5.71 Å². The molecule has 3 heteroatoms. The standard InChI is InChI=1S/C18H26N2O/c1-18(16-8-4-2-5-9-16)12-15(13-18)17(19-21)14-20-10-6-3-7-11-20/h2,4-5,8-9,15,21H,3,6-7,10-14H2,1H3/b19-17+. The van der Waals surface area contributed by atoms with Gasteiger partial charge in [-0.15, -0.1) is 0 Å². The van der Waals surface area contributed by atoms with Gasteiger partial charge in [0.25, 0.3) is 0 Å². The molecule has 0 spiro atoms. The van der Waals surface area contributed by atoms with Crippen LogP contribution in [-0.4, -0.2) is 35.5 Å². The average Bonchev–Trinajstić information content (AvgIpc) is 2.51. The Hall–Kier alpha value is -1.35. The predicted molar refractivity (Wildman–Crippen MR) is 86.0 cm³/mol. The van der Waals surface area contributed by atoms with Crippen molar-refractivity contribution in [2.24, 2.45) is 11.1 Å². The number of benzene rings is 1. The van der Waals surface area contributed by atoms with Crippen molar-refractivity contribution < 1.29 is 5.21 Å². The summed E-state index contributed by atoms with van der Waals surface area (Å²) in [6, 6.07) is 10.7. The minimum atomic E-state index is 0.254. The van der Waals surface area contributed by atoms with Crippen LogP contribution in [0.2, 0.25) is 0 Å². The number of nitrogens with zero attached hydrogens (tertiary/aromatic N) is 2. The molecule has 0 atom stereocenters. The molecule has 1 aromatic rings. The smallest absolute Gasteiger partial charge is 0.0742 e. The van der Waals surface area contributed by atoms with Gasteiger partial charge in [-0.25, -0.2) is 0 Å². The summed E-state index contributed by atoms with van der Waals surface area (Å²) >= 11 is 0. The molecule has 0 radical (unpaired) electrons. The molecule has 0 bridgehead atoms. The van der Waals surface area contributed by atoms with Crippen LogP contribution >= 0.6 is 0 Å². The summed E-state index contributed by atoms with van der Waals surface area (Å²) in [5.74, 6) is 0.446. The van der Waals surface area contributed by atoms with E-state index in [-0.39, 0.29) is 5.41 Å². The Morgan fingerprint density at radius 1 is 1.19 bits per heavy atom. The average molecular weight is 286 g/mol. The van der Waals surface area contributed by atoms with Crippen molar-refractivity contribution in [3.63, 3.8) is 0 Å². The van der Waals surface area contributed by atoms with Crippen LogP contribution in [-0.2, 0) is 5.41 Å². The lowest BCUT2D eigenvalue weighted by Gasteiger charge is -2.46. The number of likely N-dealkylation sites (tertiary alicyclic amines) is 1. The number of oxime groups is 1. The molecule has 1 saturated carbocycles. The Morgan fingerprint density at radius 2 is 1.86 bits per heavy atom. The second-order valence-corrected chi connectivity index (χ2v) is 6.96. The maximum absolute atomic E-state index is 9.39. The van der Waals surface area contributed by atoms with Gasteiger partial charge in [-0.2, -0.15) is 0 Å². The van der Waals surface area contributed by atoms with Crippen LogP contribution < -0.4 is 0 Å². The van der Waals surface area contributed by atoms with Crippen LogP contribution in [0.25, 0.3) is 0 Å². The van der Waals surface area contributed by atoms with E-state index in [0.717, 1.165) is 38.2 Å². The summed E-state index contributed by atoms with van der Waals surface area (Å²) in [4.78, 5) is 2.44. The Kier molecular flexibility index (Phi) is 4.29. The third kappa shape index (κ3) is 3.13. The van der Waals surface area contributed by atoms with Gasteiger partial charge in [0.05, 0.1) is 5.71 Å². The highest BCUT2D eigenvalue weighted by Crippen LogP contribution is 2.48. The minimum Gasteiger partial charge on any atom is -0.411 e. The molecule has 1 heterocycles. The summed E-state index contributed by atoms with van der Waals surface area (Å²) in [6.45, 7) is 5.49. The number of piperidine rings is 1. The summed E-state index contributed by atoms with van der Waals surface area (Å²) in [7, 11) is 0. The lowest BCUT2D eigenvalue weighted by atomic mass is 9.58. The number of hydrogen-bond acceptors (Lipinski definition) is 3. The van der Waals surface area contributed by atoms with Crippen molar-refractivity contribution in [1.29, 1.82) is 0 Å². The second-order valence-electron chi connectivity index (χ2n) is 6.96. The first-order valence-electron chi connectivity index (χ1n) is 8.20. The van der Waals surface area contributed by atoms with Gasteiger partial charge in [-0.3, -0.25) is 4.90 Å². The third-order valence-electron chi connectivity index (χ3n) is 5.30. The van der Waals surface area contributed by atoms with Gasteiger partial charge in [-0.1, -0.05) is 48.8 Å². The zero-order chi connectivity index (χ0) is 14.7. The maximum atomic E-state index is 9.39. The summed E-state index contributed by atoms with van der Waals surface area (Å²) in [5.41, 5.74) is 2.66. The van der Waals surface area contributed by atoms with Crippen molar-refractivity contribution in [2.45, 2.75) is 44.4 Å². The van der Waals surface area contributed by atoms with Crippen molar-refractivity contribution in [2.75, 3.05) is 19.6 Å². The fourth-order valence-electron chi connectivity index (χ4n) is 3.93. The molecule has 3 nitrogen and oxygen atoms in total. The molecule has 0 amide bonds. The molecule has 1 aliphatic carbocycles. The van der Waals surface area contributed by atoms with Crippen molar-refractivity contribution in [1.82, 2.24) is 4.90 Å². The molecule has 2 fully saturated rings. The fraction of sp³-hybridized carbons (Fsp3) is 0.611. The van der Waals surface area contributed by atoms with Crippen molar-refractivity contribution in [3.8, 4) is 0 Å². The molecular formula is C18H26N2O. The molecule has 21 heavy (non-hydrogen) atoms. The Labute approximate surface area is 127 Å². The molecule has 1 saturated heterocycles. The fourth-order valence-corrected chi connectivity index (χ4v) is 3.93. The van der Waals surface area contributed by atoms with Crippen LogP contribution in [0.5, 0.6) is 0 Å². The number of hydrogen-bond donors (Lipinski definition) is 1. The molecule has 114 valence electrons. The topological polar surface area (TPSA) is 35.8 Å². The Morgan fingerprint density at radius 3 is 2.48 bits per heavy atom. The summed E-state index contributed by atoms with van der Waals surface area (Å²) in [6.07, 6.45) is 6.11. The van der Waals surface area contributed by atoms with Crippen LogP contribution in [0.3, 0.4) is 0 Å². The maximum Gasteiger partial charge on any atom is 0.0742 e. The highest BCUT2D eigenvalue weighted by Gasteiger charge is 2.44. The molecule has 0 unspecified atom stereocenters. The van der Waals surface area contributed by atoms with Crippen LogP contribution in [0, 0.1) is 5.92 Å². The van der Waals surface area contributed by atoms with Gasteiger partial charge in [0.1, 0.15) is 0 Å². The van der Waals surface area contributed by atoms with Crippen molar-refractivity contribution in [3.05, 3.63) is 35.9 Å². The first-order valence-corrected chi connectivity index (χ1v) is 8.20. The van der Waals surface area contributed by atoms with Crippen LogP contribution in [0.4, 0.5) is 0 Å². The van der Waals surface area contributed by atoms with Crippen LogP contribution in [0.1, 0.15) is 44.6 Å².